The highest BCUT2D eigenvalue weighted by atomic mass is 79.9. The average molecular weight is 370 g/mol. The van der Waals surface area contributed by atoms with Crippen molar-refractivity contribution >= 4 is 33.3 Å². The quantitative estimate of drug-likeness (QED) is 0.718. The Hall–Kier alpha value is -1.52. The molecule has 21 heavy (non-hydrogen) atoms. The van der Waals surface area contributed by atoms with Gasteiger partial charge in [0.2, 0.25) is 0 Å². The van der Waals surface area contributed by atoms with Crippen LogP contribution in [0.4, 0.5) is 0 Å². The maximum Gasteiger partial charge on any atom is 0.200 e. The summed E-state index contributed by atoms with van der Waals surface area (Å²) in [7, 11) is 1.58. The smallest absolute Gasteiger partial charge is 0.200 e. The van der Waals surface area contributed by atoms with Gasteiger partial charge in [-0.2, -0.15) is 0 Å². The van der Waals surface area contributed by atoms with E-state index >= 15 is 0 Å². The van der Waals surface area contributed by atoms with Gasteiger partial charge in [0.1, 0.15) is 11.5 Å². The third-order valence-corrected chi connectivity index (χ3v) is 3.69. The molecule has 0 unspecified atom stereocenters. The zero-order chi connectivity index (χ0) is 15.4. The summed E-state index contributed by atoms with van der Waals surface area (Å²) in [6.45, 7) is 1.82. The second kappa shape index (κ2) is 6.96. The molecule has 0 N–H and O–H groups in total. The van der Waals surface area contributed by atoms with E-state index in [2.05, 4.69) is 15.9 Å². The molecular weight excluding hydrogens is 356 g/mol. The second-order valence-electron chi connectivity index (χ2n) is 4.47. The van der Waals surface area contributed by atoms with Crippen molar-refractivity contribution in [1.29, 1.82) is 0 Å². The largest absolute Gasteiger partial charge is 0.497 e. The summed E-state index contributed by atoms with van der Waals surface area (Å²) in [5.41, 5.74) is 1.44. The fourth-order valence-corrected chi connectivity index (χ4v) is 2.89. The highest BCUT2D eigenvalue weighted by molar-refractivity contribution is 9.10. The van der Waals surface area contributed by atoms with Crippen molar-refractivity contribution in [3.05, 3.63) is 57.0 Å². The monoisotopic (exact) mass is 368 g/mol. The Balaban J connectivity index is 2.07. The summed E-state index contributed by atoms with van der Waals surface area (Å²) < 4.78 is 11.5. The number of carbonyl (C=O) groups is 1. The molecule has 0 bridgehead atoms. The van der Waals surface area contributed by atoms with Crippen LogP contribution in [0.1, 0.15) is 15.9 Å². The SMILES string of the molecule is COc1ccc(C(=O)COc2c(C)cc(Br)cc2Cl)cc1. The van der Waals surface area contributed by atoms with Crippen LogP contribution in [-0.2, 0) is 0 Å². The molecule has 0 heterocycles. The van der Waals surface area contributed by atoms with E-state index < -0.39 is 0 Å². The predicted molar refractivity (Wildman–Crippen MR) is 86.7 cm³/mol. The van der Waals surface area contributed by atoms with E-state index in [9.17, 15) is 4.79 Å². The van der Waals surface area contributed by atoms with Crippen molar-refractivity contribution < 1.29 is 14.3 Å². The van der Waals surface area contributed by atoms with Gasteiger partial charge < -0.3 is 9.47 Å². The summed E-state index contributed by atoms with van der Waals surface area (Å²) in [5, 5.41) is 0.476. The molecule has 0 saturated carbocycles. The van der Waals surface area contributed by atoms with E-state index in [1.54, 1.807) is 37.4 Å². The topological polar surface area (TPSA) is 35.5 Å². The number of carbonyl (C=O) groups excluding carboxylic acids is 1. The first kappa shape index (κ1) is 15.9. The Morgan fingerprint density at radius 1 is 1.24 bits per heavy atom. The lowest BCUT2D eigenvalue weighted by molar-refractivity contribution is 0.0921. The van der Waals surface area contributed by atoms with E-state index in [1.165, 1.54) is 0 Å². The molecular formula is C16H14BrClO3. The summed E-state index contributed by atoms with van der Waals surface area (Å²) in [5.74, 6) is 1.12. The molecule has 5 heteroatoms. The molecule has 2 aromatic rings. The fourth-order valence-electron chi connectivity index (χ4n) is 1.87. The fraction of sp³-hybridized carbons (Fsp3) is 0.188. The molecule has 0 amide bonds. The van der Waals surface area contributed by atoms with Gasteiger partial charge in [-0.05, 0) is 48.9 Å². The molecule has 2 aromatic carbocycles. The van der Waals surface area contributed by atoms with E-state index in [-0.39, 0.29) is 12.4 Å². The van der Waals surface area contributed by atoms with E-state index in [4.69, 9.17) is 21.1 Å². The van der Waals surface area contributed by atoms with Crippen LogP contribution in [0.5, 0.6) is 11.5 Å². The Labute approximate surface area is 137 Å². The summed E-state index contributed by atoms with van der Waals surface area (Å²) in [6.07, 6.45) is 0. The molecule has 0 aliphatic heterocycles. The molecule has 0 fully saturated rings. The van der Waals surface area contributed by atoms with Crippen LogP contribution in [0, 0.1) is 6.92 Å². The third-order valence-electron chi connectivity index (χ3n) is 2.95. The summed E-state index contributed by atoms with van der Waals surface area (Å²) in [4.78, 5) is 12.1. The number of aryl methyl sites for hydroxylation is 1. The number of hydrogen-bond acceptors (Lipinski definition) is 3. The molecule has 0 aromatic heterocycles. The van der Waals surface area contributed by atoms with Crippen molar-refractivity contribution in [3.63, 3.8) is 0 Å². The molecule has 0 saturated heterocycles. The van der Waals surface area contributed by atoms with E-state index in [0.717, 1.165) is 10.0 Å². The number of halogens is 2. The van der Waals surface area contributed by atoms with Crippen molar-refractivity contribution in [1.82, 2.24) is 0 Å². The highest BCUT2D eigenvalue weighted by Gasteiger charge is 2.11. The molecule has 3 nitrogen and oxygen atoms in total. The van der Waals surface area contributed by atoms with Crippen LogP contribution in [0.2, 0.25) is 5.02 Å². The minimum Gasteiger partial charge on any atom is -0.497 e. The van der Waals surface area contributed by atoms with Gasteiger partial charge in [-0.3, -0.25) is 4.79 Å². The zero-order valence-corrected chi connectivity index (χ0v) is 14.0. The van der Waals surface area contributed by atoms with Gasteiger partial charge in [-0.25, -0.2) is 0 Å². The van der Waals surface area contributed by atoms with Crippen molar-refractivity contribution in [3.8, 4) is 11.5 Å². The van der Waals surface area contributed by atoms with Gasteiger partial charge in [-0.15, -0.1) is 0 Å². The maximum absolute atomic E-state index is 12.1. The summed E-state index contributed by atoms with van der Waals surface area (Å²) >= 11 is 9.48. The number of rotatable bonds is 5. The van der Waals surface area contributed by atoms with Crippen LogP contribution in [0.3, 0.4) is 0 Å². The van der Waals surface area contributed by atoms with Gasteiger partial charge >= 0.3 is 0 Å². The average Bonchev–Trinajstić information content (AvgIpc) is 2.46. The van der Waals surface area contributed by atoms with Gasteiger partial charge in [0.25, 0.3) is 0 Å². The first-order valence-electron chi connectivity index (χ1n) is 6.27. The Morgan fingerprint density at radius 3 is 2.48 bits per heavy atom. The minimum absolute atomic E-state index is 0.0610. The number of benzene rings is 2. The maximum atomic E-state index is 12.1. The number of ketones is 1. The van der Waals surface area contributed by atoms with Crippen molar-refractivity contribution in [2.45, 2.75) is 6.92 Å². The Bertz CT molecular complexity index is 630. The van der Waals surface area contributed by atoms with E-state index in [0.29, 0.717) is 22.1 Å². The first-order chi connectivity index (χ1) is 10.0. The highest BCUT2D eigenvalue weighted by Crippen LogP contribution is 2.32. The molecule has 0 radical (unpaired) electrons. The predicted octanol–water partition coefficient (Wildman–Crippen LogP) is 4.68. The van der Waals surface area contributed by atoms with Crippen molar-refractivity contribution in [2.75, 3.05) is 13.7 Å². The standard InChI is InChI=1S/C16H14BrClO3/c1-10-7-12(17)8-14(18)16(10)21-9-15(19)11-3-5-13(20-2)6-4-11/h3-8H,9H2,1-2H3. The van der Waals surface area contributed by atoms with Gasteiger partial charge in [-0.1, -0.05) is 27.5 Å². The molecule has 0 atom stereocenters. The van der Waals surface area contributed by atoms with Gasteiger partial charge in [0, 0.05) is 10.0 Å². The Kier molecular flexibility index (Phi) is 5.26. The lowest BCUT2D eigenvalue weighted by Crippen LogP contribution is -2.12. The molecule has 0 spiro atoms. The normalized spacial score (nSPS) is 10.3. The van der Waals surface area contributed by atoms with Crippen LogP contribution < -0.4 is 9.47 Å². The Morgan fingerprint density at radius 2 is 1.90 bits per heavy atom. The molecule has 0 aliphatic rings. The number of ether oxygens (including phenoxy) is 2. The number of Topliss-reactive ketones (excluding diaryl/α,β-unsaturated/α-hetero) is 1. The zero-order valence-electron chi connectivity index (χ0n) is 11.7. The molecule has 110 valence electrons. The number of hydrogen-bond donors (Lipinski definition) is 0. The van der Waals surface area contributed by atoms with Crippen LogP contribution >= 0.6 is 27.5 Å². The summed E-state index contributed by atoms with van der Waals surface area (Å²) in [6, 6.07) is 10.5. The van der Waals surface area contributed by atoms with Gasteiger partial charge in [0.15, 0.2) is 12.4 Å². The second-order valence-corrected chi connectivity index (χ2v) is 5.80. The van der Waals surface area contributed by atoms with Gasteiger partial charge in [0.05, 0.1) is 12.1 Å². The lowest BCUT2D eigenvalue weighted by Gasteiger charge is -2.11. The first-order valence-corrected chi connectivity index (χ1v) is 7.44. The van der Waals surface area contributed by atoms with Crippen LogP contribution in [0.25, 0.3) is 0 Å². The minimum atomic E-state index is -0.115. The molecule has 2 rings (SSSR count). The lowest BCUT2D eigenvalue weighted by atomic mass is 10.1. The number of methoxy groups -OCH3 is 1. The van der Waals surface area contributed by atoms with Crippen LogP contribution in [-0.4, -0.2) is 19.5 Å². The van der Waals surface area contributed by atoms with Crippen molar-refractivity contribution in [2.24, 2.45) is 0 Å². The van der Waals surface area contributed by atoms with Crippen LogP contribution in [0.15, 0.2) is 40.9 Å². The van der Waals surface area contributed by atoms with E-state index in [1.807, 2.05) is 13.0 Å². The third kappa shape index (κ3) is 3.99. The molecule has 0 aliphatic carbocycles.